The van der Waals surface area contributed by atoms with Crippen LogP contribution in [0.4, 0.5) is 0 Å². The highest BCUT2D eigenvalue weighted by Crippen LogP contribution is 2.24. The van der Waals surface area contributed by atoms with Crippen molar-refractivity contribution in [2.75, 3.05) is 6.61 Å². The molecule has 0 aliphatic carbocycles. The minimum absolute atomic E-state index is 0.602. The first kappa shape index (κ1) is 17.0. The molecule has 0 bridgehead atoms. The molecule has 0 N–H and O–H groups in total. The van der Waals surface area contributed by atoms with Crippen molar-refractivity contribution < 1.29 is 4.74 Å². The predicted octanol–water partition coefficient (Wildman–Crippen LogP) is 3.81. The number of fused-ring (bicyclic) bond motifs is 1. The molecule has 0 unspecified atom stereocenters. The normalized spacial score (nSPS) is 11.5. The molecule has 136 valence electrons. The van der Waals surface area contributed by atoms with Crippen LogP contribution in [0.3, 0.4) is 0 Å². The molecular formula is C21H21N5O. The molecule has 0 radical (unpaired) electrons. The zero-order valence-corrected chi connectivity index (χ0v) is 15.4. The molecule has 0 spiro atoms. The summed E-state index contributed by atoms with van der Waals surface area (Å²) in [6.07, 6.45) is 5.00. The van der Waals surface area contributed by atoms with E-state index < -0.39 is 0 Å². The van der Waals surface area contributed by atoms with Gasteiger partial charge in [-0.1, -0.05) is 30.3 Å². The topological polar surface area (TPSA) is 57.2 Å². The zero-order chi connectivity index (χ0) is 18.6. The molecule has 0 atom stereocenters. The van der Waals surface area contributed by atoms with Crippen LogP contribution in [0, 0.1) is 13.8 Å². The van der Waals surface area contributed by atoms with Crippen molar-refractivity contribution in [1.29, 1.82) is 0 Å². The van der Waals surface area contributed by atoms with E-state index >= 15 is 0 Å². The van der Waals surface area contributed by atoms with E-state index in [1.165, 1.54) is 16.5 Å². The van der Waals surface area contributed by atoms with E-state index in [-0.39, 0.29) is 0 Å². The summed E-state index contributed by atoms with van der Waals surface area (Å²) < 4.78 is 9.81. The number of hydrogen-bond donors (Lipinski definition) is 0. The molecule has 0 amide bonds. The van der Waals surface area contributed by atoms with Gasteiger partial charge in [0.1, 0.15) is 25.0 Å². The van der Waals surface area contributed by atoms with Crippen molar-refractivity contribution in [3.05, 3.63) is 78.0 Å². The van der Waals surface area contributed by atoms with Crippen LogP contribution in [0.5, 0.6) is 5.75 Å². The Kier molecular flexibility index (Phi) is 4.70. The van der Waals surface area contributed by atoms with Crippen LogP contribution in [0.15, 0.2) is 66.3 Å². The van der Waals surface area contributed by atoms with Gasteiger partial charge in [0, 0.05) is 22.2 Å². The maximum atomic E-state index is 5.95. The molecule has 27 heavy (non-hydrogen) atoms. The lowest BCUT2D eigenvalue weighted by Crippen LogP contribution is -2.09. The molecule has 0 saturated carbocycles. The van der Waals surface area contributed by atoms with Gasteiger partial charge in [0.15, 0.2) is 0 Å². The number of hydrogen-bond acceptors (Lipinski definition) is 4. The van der Waals surface area contributed by atoms with E-state index in [0.717, 1.165) is 23.6 Å². The lowest BCUT2D eigenvalue weighted by atomic mass is 10.1. The van der Waals surface area contributed by atoms with E-state index in [1.807, 2.05) is 24.4 Å². The molecule has 4 rings (SSSR count). The highest BCUT2D eigenvalue weighted by atomic mass is 16.5. The molecule has 6 nitrogen and oxygen atoms in total. The number of ether oxygens (including phenoxy) is 1. The Labute approximate surface area is 157 Å². The summed E-state index contributed by atoms with van der Waals surface area (Å²) in [5, 5.41) is 13.1. The summed E-state index contributed by atoms with van der Waals surface area (Å²) in [5.41, 5.74) is 4.62. The van der Waals surface area contributed by atoms with Gasteiger partial charge in [0.25, 0.3) is 0 Å². The Morgan fingerprint density at radius 2 is 1.85 bits per heavy atom. The van der Waals surface area contributed by atoms with Crippen LogP contribution in [-0.2, 0) is 6.54 Å². The Morgan fingerprint density at radius 3 is 2.67 bits per heavy atom. The quantitative estimate of drug-likeness (QED) is 0.492. The van der Waals surface area contributed by atoms with Gasteiger partial charge in [-0.05, 0) is 37.6 Å². The Balaban J connectivity index is 1.59. The lowest BCUT2D eigenvalue weighted by molar-refractivity contribution is 0.299. The molecule has 4 aromatic rings. The number of benzene rings is 2. The minimum Gasteiger partial charge on any atom is -0.492 e. The summed E-state index contributed by atoms with van der Waals surface area (Å²) in [6.45, 7) is 5.55. The van der Waals surface area contributed by atoms with Gasteiger partial charge in [-0.25, -0.2) is 4.68 Å². The monoisotopic (exact) mass is 359 g/mol. The Hall–Kier alpha value is -3.41. The fraction of sp³-hybridized carbons (Fsp3) is 0.190. The van der Waals surface area contributed by atoms with Gasteiger partial charge < -0.3 is 9.30 Å². The van der Waals surface area contributed by atoms with Crippen LogP contribution in [0.2, 0.25) is 0 Å². The average molecular weight is 359 g/mol. The molecule has 2 aromatic heterocycles. The van der Waals surface area contributed by atoms with Gasteiger partial charge in [0.2, 0.25) is 0 Å². The molecule has 0 saturated heterocycles. The molecular weight excluding hydrogens is 338 g/mol. The Bertz CT molecular complexity index is 1080. The number of rotatable bonds is 6. The smallest absolute Gasteiger partial charge is 0.141 e. The van der Waals surface area contributed by atoms with Gasteiger partial charge in [0.05, 0.1) is 12.8 Å². The summed E-state index contributed by atoms with van der Waals surface area (Å²) in [4.78, 5) is 0. The number of nitrogens with zero attached hydrogens (tertiary/aromatic N) is 5. The highest BCUT2D eigenvalue weighted by Gasteiger charge is 2.12. The van der Waals surface area contributed by atoms with Crippen LogP contribution in [0.1, 0.15) is 16.8 Å². The van der Waals surface area contributed by atoms with E-state index in [4.69, 9.17) is 4.74 Å². The third-order valence-corrected chi connectivity index (χ3v) is 4.58. The first-order valence-corrected chi connectivity index (χ1v) is 8.88. The maximum Gasteiger partial charge on any atom is 0.141 e. The van der Waals surface area contributed by atoms with E-state index in [1.54, 1.807) is 17.3 Å². The minimum atomic E-state index is 0.602. The molecule has 0 fully saturated rings. The molecule has 2 aromatic carbocycles. The zero-order valence-electron chi connectivity index (χ0n) is 15.4. The van der Waals surface area contributed by atoms with Crippen molar-refractivity contribution >= 4 is 17.1 Å². The lowest BCUT2D eigenvalue weighted by Gasteiger charge is -2.11. The predicted molar refractivity (Wildman–Crippen MR) is 106 cm³/mol. The molecule has 6 heteroatoms. The second-order valence-electron chi connectivity index (χ2n) is 6.42. The van der Waals surface area contributed by atoms with E-state index in [9.17, 15) is 0 Å². The van der Waals surface area contributed by atoms with Crippen molar-refractivity contribution in [3.8, 4) is 5.75 Å². The second kappa shape index (κ2) is 7.45. The van der Waals surface area contributed by atoms with Crippen molar-refractivity contribution in [2.24, 2.45) is 5.10 Å². The van der Waals surface area contributed by atoms with Crippen molar-refractivity contribution in [2.45, 2.75) is 20.4 Å². The first-order valence-electron chi connectivity index (χ1n) is 8.88. The average Bonchev–Trinajstić information content (AvgIpc) is 3.27. The fourth-order valence-electron chi connectivity index (χ4n) is 3.25. The number of aryl methyl sites for hydroxylation is 1. The first-order chi connectivity index (χ1) is 13.2. The van der Waals surface area contributed by atoms with Gasteiger partial charge in [-0.3, -0.25) is 0 Å². The summed E-state index contributed by atoms with van der Waals surface area (Å²) in [6, 6.07) is 16.5. The molecule has 0 aliphatic rings. The van der Waals surface area contributed by atoms with Crippen LogP contribution in [-0.4, -0.2) is 32.3 Å². The van der Waals surface area contributed by atoms with E-state index in [2.05, 4.69) is 64.0 Å². The Morgan fingerprint density at radius 1 is 1.04 bits per heavy atom. The van der Waals surface area contributed by atoms with E-state index in [0.29, 0.717) is 6.61 Å². The SMILES string of the molecule is Cc1cccc(OCCn2c(C)c(/C=N\n3cnnc3)c3ccccc32)c1. The summed E-state index contributed by atoms with van der Waals surface area (Å²) in [5.74, 6) is 0.901. The second-order valence-corrected chi connectivity index (χ2v) is 6.42. The number of aromatic nitrogens is 4. The summed E-state index contributed by atoms with van der Waals surface area (Å²) in [7, 11) is 0. The summed E-state index contributed by atoms with van der Waals surface area (Å²) >= 11 is 0. The highest BCUT2D eigenvalue weighted by molar-refractivity contribution is 6.01. The third kappa shape index (κ3) is 3.60. The van der Waals surface area contributed by atoms with Crippen LogP contribution >= 0.6 is 0 Å². The van der Waals surface area contributed by atoms with Gasteiger partial charge in [-0.15, -0.1) is 10.2 Å². The largest absolute Gasteiger partial charge is 0.492 e. The standard InChI is InChI=1S/C21H21N5O/c1-16-6-5-7-18(12-16)27-11-10-26-17(2)20(13-24-25-14-22-23-15-25)19-8-3-4-9-21(19)26/h3-9,12-15H,10-11H2,1-2H3/b24-13-. The molecule has 2 heterocycles. The van der Waals surface area contributed by atoms with Crippen molar-refractivity contribution in [3.63, 3.8) is 0 Å². The van der Waals surface area contributed by atoms with Crippen molar-refractivity contribution in [1.82, 2.24) is 19.4 Å². The number of para-hydroxylation sites is 1. The van der Waals surface area contributed by atoms with Gasteiger partial charge >= 0.3 is 0 Å². The third-order valence-electron chi connectivity index (χ3n) is 4.58. The maximum absolute atomic E-state index is 5.95. The van der Waals surface area contributed by atoms with Crippen LogP contribution < -0.4 is 4.74 Å². The fourth-order valence-corrected chi connectivity index (χ4v) is 3.25. The molecule has 0 aliphatic heterocycles. The van der Waals surface area contributed by atoms with Gasteiger partial charge in [-0.2, -0.15) is 5.10 Å². The van der Waals surface area contributed by atoms with Crippen LogP contribution in [0.25, 0.3) is 10.9 Å².